The number of rotatable bonds is 4. The highest BCUT2D eigenvalue weighted by atomic mass is 32.1. The summed E-state index contributed by atoms with van der Waals surface area (Å²) in [4.78, 5) is 16.5. The molecule has 0 saturated carbocycles. The molecule has 0 aromatic carbocycles. The Hall–Kier alpha value is -0.870. The lowest BCUT2D eigenvalue weighted by Gasteiger charge is -2.31. The van der Waals surface area contributed by atoms with Gasteiger partial charge >= 0.3 is 0 Å². The van der Waals surface area contributed by atoms with Crippen LogP contribution in [0.2, 0.25) is 0 Å². The predicted octanol–water partition coefficient (Wildman–Crippen LogP) is 2.85. The number of amides is 1. The third-order valence-corrected chi connectivity index (χ3v) is 4.90. The molecule has 1 aliphatic rings. The fourth-order valence-electron chi connectivity index (χ4n) is 2.70. The molecule has 1 unspecified atom stereocenters. The largest absolute Gasteiger partial charge is 0.396 e. The van der Waals surface area contributed by atoms with E-state index in [1.807, 2.05) is 4.90 Å². The quantitative estimate of drug-likeness (QED) is 0.922. The Kier molecular flexibility index (Phi) is 4.99. The number of hydrogen-bond donors (Lipinski definition) is 1. The zero-order valence-corrected chi connectivity index (χ0v) is 12.6. The Labute approximate surface area is 119 Å². The summed E-state index contributed by atoms with van der Waals surface area (Å²) in [5, 5.41) is 9.24. The first-order chi connectivity index (χ1) is 9.15. The number of carbonyl (C=O) groups excluding carboxylic acids is 1. The second-order valence-corrected chi connectivity index (χ2v) is 6.64. The fourth-order valence-corrected chi connectivity index (χ4v) is 3.74. The molecule has 3 nitrogen and oxygen atoms in total. The average molecular weight is 281 g/mol. The molecule has 19 heavy (non-hydrogen) atoms. The van der Waals surface area contributed by atoms with E-state index in [0.717, 1.165) is 37.1 Å². The second-order valence-electron chi connectivity index (χ2n) is 5.38. The molecular weight excluding hydrogens is 258 g/mol. The Balaban J connectivity index is 2.08. The minimum absolute atomic E-state index is 0.147. The van der Waals surface area contributed by atoms with Crippen LogP contribution in [0.25, 0.3) is 0 Å². The van der Waals surface area contributed by atoms with E-state index >= 15 is 0 Å². The van der Waals surface area contributed by atoms with Gasteiger partial charge in [0, 0.05) is 24.6 Å². The van der Waals surface area contributed by atoms with Gasteiger partial charge in [-0.15, -0.1) is 11.3 Å². The number of hydrogen-bond acceptors (Lipinski definition) is 3. The van der Waals surface area contributed by atoms with E-state index in [4.69, 9.17) is 0 Å². The van der Waals surface area contributed by atoms with Crippen molar-refractivity contribution in [3.63, 3.8) is 0 Å². The van der Waals surface area contributed by atoms with Gasteiger partial charge in [0.25, 0.3) is 5.91 Å². The van der Waals surface area contributed by atoms with E-state index in [2.05, 4.69) is 19.9 Å². The van der Waals surface area contributed by atoms with Crippen LogP contribution in [-0.4, -0.2) is 35.6 Å². The number of nitrogens with zero attached hydrogens (tertiary/aromatic N) is 1. The van der Waals surface area contributed by atoms with Crippen LogP contribution in [0, 0.1) is 12.8 Å². The van der Waals surface area contributed by atoms with Crippen molar-refractivity contribution in [3.8, 4) is 0 Å². The first-order valence-electron chi connectivity index (χ1n) is 7.15. The van der Waals surface area contributed by atoms with Gasteiger partial charge in [-0.2, -0.15) is 0 Å². The lowest BCUT2D eigenvalue weighted by molar-refractivity contribution is 0.0625. The molecule has 1 aliphatic heterocycles. The Morgan fingerprint density at radius 3 is 3.05 bits per heavy atom. The number of carbonyl (C=O) groups is 1. The normalized spacial score (nSPS) is 19.7. The van der Waals surface area contributed by atoms with Gasteiger partial charge < -0.3 is 10.0 Å². The van der Waals surface area contributed by atoms with Crippen LogP contribution < -0.4 is 0 Å². The van der Waals surface area contributed by atoms with E-state index in [-0.39, 0.29) is 18.4 Å². The lowest BCUT2D eigenvalue weighted by atomic mass is 9.99. The molecule has 4 heteroatoms. The maximum atomic E-state index is 12.5. The lowest BCUT2D eigenvalue weighted by Crippen LogP contribution is -2.40. The van der Waals surface area contributed by atoms with E-state index in [9.17, 15) is 9.90 Å². The summed E-state index contributed by atoms with van der Waals surface area (Å²) in [6.45, 7) is 5.98. The Bertz CT molecular complexity index is 441. The van der Waals surface area contributed by atoms with E-state index in [0.29, 0.717) is 6.54 Å². The molecule has 1 aromatic heterocycles. The number of likely N-dealkylation sites (tertiary alicyclic amines) is 1. The monoisotopic (exact) mass is 281 g/mol. The molecule has 1 atom stereocenters. The zero-order valence-electron chi connectivity index (χ0n) is 11.8. The number of aryl methyl sites for hydroxylation is 2. The summed E-state index contributed by atoms with van der Waals surface area (Å²) in [5.41, 5.74) is 1.31. The summed E-state index contributed by atoms with van der Waals surface area (Å²) in [7, 11) is 0. The number of thiophene rings is 1. The molecule has 0 bridgehead atoms. The molecule has 1 N–H and O–H groups in total. The number of aliphatic hydroxyl groups excluding tert-OH is 1. The van der Waals surface area contributed by atoms with Gasteiger partial charge in [0.1, 0.15) is 0 Å². The summed E-state index contributed by atoms with van der Waals surface area (Å²) in [6, 6.07) is 2.06. The third-order valence-electron chi connectivity index (χ3n) is 3.82. The molecule has 2 heterocycles. The van der Waals surface area contributed by atoms with Gasteiger partial charge in [0.05, 0.1) is 4.88 Å². The van der Waals surface area contributed by atoms with Crippen molar-refractivity contribution < 1.29 is 9.90 Å². The van der Waals surface area contributed by atoms with E-state index in [1.165, 1.54) is 10.4 Å². The molecule has 1 amide bonds. The Morgan fingerprint density at radius 1 is 1.58 bits per heavy atom. The minimum Gasteiger partial charge on any atom is -0.396 e. The van der Waals surface area contributed by atoms with Crippen LogP contribution in [-0.2, 0) is 6.42 Å². The van der Waals surface area contributed by atoms with Gasteiger partial charge in [0.2, 0.25) is 0 Å². The van der Waals surface area contributed by atoms with Crippen molar-refractivity contribution in [2.45, 2.75) is 39.5 Å². The zero-order chi connectivity index (χ0) is 13.8. The molecule has 0 aliphatic carbocycles. The molecule has 1 fully saturated rings. The van der Waals surface area contributed by atoms with Crippen molar-refractivity contribution in [1.82, 2.24) is 4.90 Å². The molecular formula is C15H23NO2S. The van der Waals surface area contributed by atoms with Crippen LogP contribution >= 0.6 is 11.3 Å². The second kappa shape index (κ2) is 6.53. The number of aliphatic hydroxyl groups is 1. The van der Waals surface area contributed by atoms with Gasteiger partial charge in [-0.1, -0.05) is 13.3 Å². The third kappa shape index (κ3) is 3.37. The van der Waals surface area contributed by atoms with Crippen molar-refractivity contribution in [2.75, 3.05) is 19.7 Å². The van der Waals surface area contributed by atoms with Gasteiger partial charge in [-0.05, 0) is 43.7 Å². The summed E-state index contributed by atoms with van der Waals surface area (Å²) in [6.07, 6.45) is 4.20. The molecule has 1 saturated heterocycles. The van der Waals surface area contributed by atoms with Gasteiger partial charge in [-0.3, -0.25) is 4.79 Å². The molecule has 1 aromatic rings. The van der Waals surface area contributed by atoms with Crippen LogP contribution in [0.15, 0.2) is 6.07 Å². The minimum atomic E-state index is 0.147. The van der Waals surface area contributed by atoms with Gasteiger partial charge in [-0.25, -0.2) is 0 Å². The fraction of sp³-hybridized carbons (Fsp3) is 0.667. The highest BCUT2D eigenvalue weighted by molar-refractivity contribution is 7.14. The summed E-state index contributed by atoms with van der Waals surface area (Å²) >= 11 is 1.61. The van der Waals surface area contributed by atoms with Crippen molar-refractivity contribution in [1.29, 1.82) is 0 Å². The highest BCUT2D eigenvalue weighted by Crippen LogP contribution is 2.26. The van der Waals surface area contributed by atoms with E-state index in [1.54, 1.807) is 11.3 Å². The molecule has 0 radical (unpaired) electrons. The summed E-state index contributed by atoms with van der Waals surface area (Å²) in [5.74, 6) is 0.405. The smallest absolute Gasteiger partial charge is 0.263 e. The maximum absolute atomic E-state index is 12.5. The first kappa shape index (κ1) is 14.5. The summed E-state index contributed by atoms with van der Waals surface area (Å²) < 4.78 is 0. The standard InChI is InChI=1S/C15H23NO2S/c1-3-5-13-8-14(19-11(13)2)15(18)16-7-4-6-12(9-16)10-17/h8,12,17H,3-7,9-10H2,1-2H3. The van der Waals surface area contributed by atoms with Crippen LogP contribution in [0.5, 0.6) is 0 Å². The first-order valence-corrected chi connectivity index (χ1v) is 7.96. The highest BCUT2D eigenvalue weighted by Gasteiger charge is 2.25. The van der Waals surface area contributed by atoms with Crippen LogP contribution in [0.3, 0.4) is 0 Å². The van der Waals surface area contributed by atoms with Gasteiger partial charge in [0.15, 0.2) is 0 Å². The van der Waals surface area contributed by atoms with Crippen molar-refractivity contribution in [3.05, 3.63) is 21.4 Å². The average Bonchev–Trinajstić information content (AvgIpc) is 2.80. The van der Waals surface area contributed by atoms with Crippen molar-refractivity contribution >= 4 is 17.2 Å². The molecule has 106 valence electrons. The predicted molar refractivity (Wildman–Crippen MR) is 78.8 cm³/mol. The molecule has 2 rings (SSSR count). The van der Waals surface area contributed by atoms with E-state index < -0.39 is 0 Å². The topological polar surface area (TPSA) is 40.5 Å². The maximum Gasteiger partial charge on any atom is 0.263 e. The number of piperidine rings is 1. The van der Waals surface area contributed by atoms with Crippen LogP contribution in [0.4, 0.5) is 0 Å². The SMILES string of the molecule is CCCc1cc(C(=O)N2CCCC(CO)C2)sc1C. The van der Waals surface area contributed by atoms with Crippen molar-refractivity contribution in [2.24, 2.45) is 5.92 Å². The van der Waals surface area contributed by atoms with Crippen LogP contribution in [0.1, 0.15) is 46.3 Å². The Morgan fingerprint density at radius 2 is 2.37 bits per heavy atom. The molecule has 0 spiro atoms.